The maximum absolute atomic E-state index is 13.7. The van der Waals surface area contributed by atoms with Crippen molar-refractivity contribution in [1.82, 2.24) is 10.2 Å². The summed E-state index contributed by atoms with van der Waals surface area (Å²) in [6, 6.07) is 5.88. The van der Waals surface area contributed by atoms with Gasteiger partial charge in [0.2, 0.25) is 11.6 Å². The molecule has 1 heterocycles. The summed E-state index contributed by atoms with van der Waals surface area (Å²) >= 11 is 0. The standard InChI is InChI=1S/C18H15F2N3O5/c1-25-12-7-9(8-13(26-2)15(12)27-3)17-22-23-18(28-17)21-16(24)14-10(19)5-4-6-11(14)20/h4-8H,1-3H3,(H,21,23,24). The molecule has 0 saturated carbocycles. The molecule has 2 aromatic carbocycles. The predicted molar refractivity (Wildman–Crippen MR) is 93.7 cm³/mol. The van der Waals surface area contributed by atoms with E-state index in [0.29, 0.717) is 22.8 Å². The average Bonchev–Trinajstić information content (AvgIpc) is 3.15. The van der Waals surface area contributed by atoms with Gasteiger partial charge in [-0.15, -0.1) is 5.10 Å². The largest absolute Gasteiger partial charge is 0.493 e. The fourth-order valence-corrected chi connectivity index (χ4v) is 2.47. The number of rotatable bonds is 6. The Kier molecular flexibility index (Phi) is 5.39. The number of halogens is 2. The minimum atomic E-state index is -1.06. The first-order chi connectivity index (χ1) is 13.5. The highest BCUT2D eigenvalue weighted by molar-refractivity contribution is 6.03. The smallest absolute Gasteiger partial charge is 0.322 e. The Morgan fingerprint density at radius 2 is 1.61 bits per heavy atom. The van der Waals surface area contributed by atoms with E-state index in [0.717, 1.165) is 18.2 Å². The van der Waals surface area contributed by atoms with Gasteiger partial charge in [-0.1, -0.05) is 11.2 Å². The number of anilines is 1. The van der Waals surface area contributed by atoms with Gasteiger partial charge in [-0.3, -0.25) is 10.1 Å². The molecule has 1 N–H and O–H groups in total. The third-order valence-corrected chi connectivity index (χ3v) is 3.75. The van der Waals surface area contributed by atoms with E-state index in [1.54, 1.807) is 12.1 Å². The summed E-state index contributed by atoms with van der Waals surface area (Å²) in [6.45, 7) is 0. The molecule has 0 aliphatic heterocycles. The Balaban J connectivity index is 1.89. The van der Waals surface area contributed by atoms with Crippen LogP contribution in [0.1, 0.15) is 10.4 Å². The van der Waals surface area contributed by atoms with Crippen LogP contribution in [0.3, 0.4) is 0 Å². The van der Waals surface area contributed by atoms with E-state index in [4.69, 9.17) is 18.6 Å². The average molecular weight is 391 g/mol. The molecule has 0 aliphatic rings. The molecule has 0 bridgehead atoms. The molecule has 0 spiro atoms. The molecule has 3 aromatic rings. The molecule has 0 atom stereocenters. The highest BCUT2D eigenvalue weighted by Crippen LogP contribution is 2.41. The molecule has 1 aromatic heterocycles. The Labute approximate surface area is 158 Å². The Morgan fingerprint density at radius 1 is 1.00 bits per heavy atom. The van der Waals surface area contributed by atoms with Crippen molar-refractivity contribution in [3.05, 3.63) is 47.5 Å². The summed E-state index contributed by atoms with van der Waals surface area (Å²) in [5, 5.41) is 9.64. The fraction of sp³-hybridized carbons (Fsp3) is 0.167. The molecule has 0 fully saturated rings. The van der Waals surface area contributed by atoms with Gasteiger partial charge in [0.05, 0.1) is 21.3 Å². The van der Waals surface area contributed by atoms with Gasteiger partial charge in [-0.25, -0.2) is 8.78 Å². The number of hydrogen-bond acceptors (Lipinski definition) is 7. The van der Waals surface area contributed by atoms with Crippen molar-refractivity contribution < 1.29 is 32.2 Å². The highest BCUT2D eigenvalue weighted by Gasteiger charge is 2.21. The monoisotopic (exact) mass is 391 g/mol. The second-order valence-electron chi connectivity index (χ2n) is 5.38. The molecule has 146 valence electrons. The second-order valence-corrected chi connectivity index (χ2v) is 5.38. The number of benzene rings is 2. The van der Waals surface area contributed by atoms with Gasteiger partial charge in [-0.05, 0) is 24.3 Å². The number of aromatic nitrogens is 2. The summed E-state index contributed by atoms with van der Waals surface area (Å²) < 4.78 is 48.5. The lowest BCUT2D eigenvalue weighted by Gasteiger charge is -2.12. The van der Waals surface area contributed by atoms with Gasteiger partial charge in [0.1, 0.15) is 17.2 Å². The van der Waals surface area contributed by atoms with Crippen LogP contribution >= 0.6 is 0 Å². The van der Waals surface area contributed by atoms with Crippen molar-refractivity contribution in [2.75, 3.05) is 26.6 Å². The summed E-state index contributed by atoms with van der Waals surface area (Å²) in [7, 11) is 4.36. The van der Waals surface area contributed by atoms with Crippen LogP contribution in [0.4, 0.5) is 14.8 Å². The fourth-order valence-electron chi connectivity index (χ4n) is 2.47. The van der Waals surface area contributed by atoms with Crippen molar-refractivity contribution in [2.45, 2.75) is 0 Å². The molecule has 0 radical (unpaired) electrons. The van der Waals surface area contributed by atoms with E-state index in [1.807, 2.05) is 0 Å². The quantitative estimate of drug-likeness (QED) is 0.689. The van der Waals surface area contributed by atoms with Crippen molar-refractivity contribution in [1.29, 1.82) is 0 Å². The lowest BCUT2D eigenvalue weighted by molar-refractivity contribution is 0.101. The topological polar surface area (TPSA) is 95.7 Å². The van der Waals surface area contributed by atoms with Crippen LogP contribution in [0.25, 0.3) is 11.5 Å². The third-order valence-electron chi connectivity index (χ3n) is 3.75. The zero-order valence-electron chi connectivity index (χ0n) is 15.1. The predicted octanol–water partition coefficient (Wildman–Crippen LogP) is 3.29. The van der Waals surface area contributed by atoms with Gasteiger partial charge >= 0.3 is 6.01 Å². The molecule has 0 unspecified atom stereocenters. The van der Waals surface area contributed by atoms with Crippen molar-refractivity contribution in [3.8, 4) is 28.7 Å². The number of methoxy groups -OCH3 is 3. The molecule has 8 nitrogen and oxygen atoms in total. The first kappa shape index (κ1) is 19.1. The third kappa shape index (κ3) is 3.56. The van der Waals surface area contributed by atoms with Crippen LogP contribution < -0.4 is 19.5 Å². The summed E-state index contributed by atoms with van der Waals surface area (Å²) in [4.78, 5) is 12.1. The van der Waals surface area contributed by atoms with E-state index in [-0.39, 0.29) is 11.9 Å². The first-order valence-corrected chi connectivity index (χ1v) is 7.87. The van der Waals surface area contributed by atoms with Crippen LogP contribution in [0, 0.1) is 11.6 Å². The van der Waals surface area contributed by atoms with Gasteiger partial charge < -0.3 is 18.6 Å². The lowest BCUT2D eigenvalue weighted by Crippen LogP contribution is -2.16. The van der Waals surface area contributed by atoms with Gasteiger partial charge in [0, 0.05) is 5.56 Å². The Morgan fingerprint density at radius 3 is 2.14 bits per heavy atom. The molecular formula is C18H15F2N3O5. The second kappa shape index (κ2) is 7.91. The molecule has 10 heteroatoms. The molecule has 0 aliphatic carbocycles. The summed E-state index contributed by atoms with van der Waals surface area (Å²) in [6.07, 6.45) is 0. The SMILES string of the molecule is COc1cc(-c2nnc(NC(=O)c3c(F)cccc3F)o2)cc(OC)c1OC. The summed E-state index contributed by atoms with van der Waals surface area (Å²) in [5.74, 6) is -1.98. The number of hydrogen-bond donors (Lipinski definition) is 1. The molecule has 0 saturated heterocycles. The van der Waals surface area contributed by atoms with Gasteiger partial charge in [0.25, 0.3) is 5.91 Å². The summed E-state index contributed by atoms with van der Waals surface area (Å²) in [5.41, 5.74) is -0.338. The molecule has 1 amide bonds. The number of carbonyl (C=O) groups is 1. The van der Waals surface area contributed by atoms with Gasteiger partial charge in [0.15, 0.2) is 11.5 Å². The van der Waals surface area contributed by atoms with Crippen LogP contribution in [0.15, 0.2) is 34.7 Å². The lowest BCUT2D eigenvalue weighted by atomic mass is 10.2. The van der Waals surface area contributed by atoms with Crippen molar-refractivity contribution >= 4 is 11.9 Å². The maximum atomic E-state index is 13.7. The Bertz CT molecular complexity index is 977. The maximum Gasteiger partial charge on any atom is 0.322 e. The first-order valence-electron chi connectivity index (χ1n) is 7.87. The Hall–Kier alpha value is -3.69. The zero-order valence-corrected chi connectivity index (χ0v) is 15.1. The number of ether oxygens (including phenoxy) is 3. The van der Waals surface area contributed by atoms with Crippen LogP contribution in [0.2, 0.25) is 0 Å². The van der Waals surface area contributed by atoms with E-state index >= 15 is 0 Å². The molecule has 3 rings (SSSR count). The van der Waals surface area contributed by atoms with Crippen LogP contribution in [0.5, 0.6) is 17.2 Å². The minimum Gasteiger partial charge on any atom is -0.493 e. The minimum absolute atomic E-state index is 0.0172. The number of carbonyl (C=O) groups excluding carboxylic acids is 1. The van der Waals surface area contributed by atoms with Gasteiger partial charge in [-0.2, -0.15) is 0 Å². The number of nitrogens with zero attached hydrogens (tertiary/aromatic N) is 2. The van der Waals surface area contributed by atoms with Crippen LogP contribution in [-0.4, -0.2) is 37.4 Å². The van der Waals surface area contributed by atoms with E-state index < -0.39 is 23.1 Å². The van der Waals surface area contributed by atoms with Crippen molar-refractivity contribution in [3.63, 3.8) is 0 Å². The normalized spacial score (nSPS) is 10.5. The van der Waals surface area contributed by atoms with E-state index in [2.05, 4.69) is 15.5 Å². The zero-order chi connectivity index (χ0) is 20.3. The molecule has 28 heavy (non-hydrogen) atoms. The highest BCUT2D eigenvalue weighted by atomic mass is 19.1. The molecular weight excluding hydrogens is 376 g/mol. The number of nitrogens with one attached hydrogen (secondary N) is 1. The van der Waals surface area contributed by atoms with Crippen LogP contribution in [-0.2, 0) is 0 Å². The van der Waals surface area contributed by atoms with E-state index in [1.165, 1.54) is 21.3 Å². The van der Waals surface area contributed by atoms with E-state index in [9.17, 15) is 13.6 Å². The number of amides is 1. The van der Waals surface area contributed by atoms with Crippen molar-refractivity contribution in [2.24, 2.45) is 0 Å².